The van der Waals surface area contributed by atoms with Crippen LogP contribution >= 0.6 is 11.3 Å². The molecule has 0 radical (unpaired) electrons. The molecule has 0 saturated carbocycles. The van der Waals surface area contributed by atoms with Crippen LogP contribution in [-0.4, -0.2) is 38.1 Å². The normalized spacial score (nSPS) is 12.5. The van der Waals surface area contributed by atoms with E-state index in [0.717, 1.165) is 23.5 Å². The summed E-state index contributed by atoms with van der Waals surface area (Å²) in [5.41, 5.74) is 1.76. The van der Waals surface area contributed by atoms with Gasteiger partial charge in [-0.05, 0) is 42.0 Å². The van der Waals surface area contributed by atoms with Crippen molar-refractivity contribution in [3.05, 3.63) is 46.2 Å². The van der Waals surface area contributed by atoms with Crippen LogP contribution in [0.5, 0.6) is 11.5 Å². The molecule has 0 saturated heterocycles. The summed E-state index contributed by atoms with van der Waals surface area (Å²) in [6.45, 7) is 2.20. The Hall–Kier alpha value is -2.54. The molecule has 0 atom stereocenters. The minimum absolute atomic E-state index is 0.00711. The van der Waals surface area contributed by atoms with E-state index >= 15 is 0 Å². The highest BCUT2D eigenvalue weighted by Crippen LogP contribution is 2.30. The summed E-state index contributed by atoms with van der Waals surface area (Å²) in [6, 6.07) is 7.63. The fourth-order valence-electron chi connectivity index (χ4n) is 2.62. The third-order valence-corrected chi connectivity index (χ3v) is 4.68. The predicted molar refractivity (Wildman–Crippen MR) is 100 cm³/mol. The highest BCUT2D eigenvalue weighted by molar-refractivity contribution is 7.08. The molecule has 0 bridgehead atoms. The second kappa shape index (κ2) is 9.24. The lowest BCUT2D eigenvalue weighted by Crippen LogP contribution is -2.28. The molecule has 6 nitrogen and oxygen atoms in total. The third kappa shape index (κ3) is 5.23. The summed E-state index contributed by atoms with van der Waals surface area (Å²) < 4.78 is 11.0. The molecule has 2 amide bonds. The molecule has 0 fully saturated rings. The Kier molecular flexibility index (Phi) is 6.49. The van der Waals surface area contributed by atoms with Crippen LogP contribution in [0.15, 0.2) is 35.0 Å². The average Bonchev–Trinajstić information content (AvgIpc) is 3.20. The molecule has 0 aliphatic carbocycles. The third-order valence-electron chi connectivity index (χ3n) is 3.99. The number of amides is 2. The predicted octanol–water partition coefficient (Wildman–Crippen LogP) is 2.39. The smallest absolute Gasteiger partial charge is 0.252 e. The molecular formula is C19H22N2O4S. The quantitative estimate of drug-likeness (QED) is 0.696. The van der Waals surface area contributed by atoms with Crippen LogP contribution in [0.3, 0.4) is 0 Å². The largest absolute Gasteiger partial charge is 0.486 e. The van der Waals surface area contributed by atoms with E-state index in [2.05, 4.69) is 10.6 Å². The van der Waals surface area contributed by atoms with E-state index in [0.29, 0.717) is 44.7 Å². The van der Waals surface area contributed by atoms with Crippen LogP contribution in [0.2, 0.25) is 0 Å². The Morgan fingerprint density at radius 3 is 2.69 bits per heavy atom. The molecule has 1 aliphatic rings. The van der Waals surface area contributed by atoms with Gasteiger partial charge in [-0.1, -0.05) is 6.07 Å². The van der Waals surface area contributed by atoms with Crippen LogP contribution in [0.1, 0.15) is 28.8 Å². The van der Waals surface area contributed by atoms with Crippen LogP contribution in [0, 0.1) is 0 Å². The van der Waals surface area contributed by atoms with Gasteiger partial charge in [-0.3, -0.25) is 9.59 Å². The van der Waals surface area contributed by atoms with Gasteiger partial charge >= 0.3 is 0 Å². The lowest BCUT2D eigenvalue weighted by molar-refractivity contribution is -0.121. The highest BCUT2D eigenvalue weighted by atomic mass is 32.1. The maximum absolute atomic E-state index is 11.9. The van der Waals surface area contributed by atoms with Crippen LogP contribution in [-0.2, 0) is 11.2 Å². The summed E-state index contributed by atoms with van der Waals surface area (Å²) in [6.07, 6.45) is 1.74. The van der Waals surface area contributed by atoms with Gasteiger partial charge in [0.05, 0.1) is 0 Å². The van der Waals surface area contributed by atoms with Crippen molar-refractivity contribution in [1.82, 2.24) is 10.6 Å². The van der Waals surface area contributed by atoms with Crippen molar-refractivity contribution in [2.75, 3.05) is 26.3 Å². The van der Waals surface area contributed by atoms with E-state index in [-0.39, 0.29) is 11.8 Å². The van der Waals surface area contributed by atoms with Crippen molar-refractivity contribution in [3.8, 4) is 11.5 Å². The maximum Gasteiger partial charge on any atom is 0.252 e. The van der Waals surface area contributed by atoms with Gasteiger partial charge in [-0.25, -0.2) is 0 Å². The first kappa shape index (κ1) is 18.3. The summed E-state index contributed by atoms with van der Waals surface area (Å²) in [7, 11) is 0. The molecule has 0 spiro atoms. The van der Waals surface area contributed by atoms with Gasteiger partial charge in [-0.15, -0.1) is 0 Å². The van der Waals surface area contributed by atoms with E-state index in [1.165, 1.54) is 11.3 Å². The first-order valence-electron chi connectivity index (χ1n) is 8.68. The summed E-state index contributed by atoms with van der Waals surface area (Å²) in [5.74, 6) is 1.44. The van der Waals surface area contributed by atoms with Crippen molar-refractivity contribution >= 4 is 23.2 Å². The van der Waals surface area contributed by atoms with Crippen LogP contribution in [0.25, 0.3) is 0 Å². The van der Waals surface area contributed by atoms with Gasteiger partial charge in [0.25, 0.3) is 5.91 Å². The maximum atomic E-state index is 11.9. The van der Waals surface area contributed by atoms with E-state index < -0.39 is 0 Å². The number of benzene rings is 1. The fraction of sp³-hybridized carbons (Fsp3) is 0.368. The van der Waals surface area contributed by atoms with Gasteiger partial charge in [0.2, 0.25) is 5.91 Å². The number of nitrogens with one attached hydrogen (secondary N) is 2. The number of ether oxygens (including phenoxy) is 2. The monoisotopic (exact) mass is 374 g/mol. The van der Waals surface area contributed by atoms with Crippen LogP contribution in [0.4, 0.5) is 0 Å². The molecule has 1 aromatic heterocycles. The number of carbonyl (C=O) groups excluding carboxylic acids is 2. The zero-order valence-electron chi connectivity index (χ0n) is 14.5. The molecule has 26 heavy (non-hydrogen) atoms. The van der Waals surface area contributed by atoms with Gasteiger partial charge in [0, 0.05) is 30.5 Å². The molecule has 1 aliphatic heterocycles. The molecule has 2 heterocycles. The Bertz CT molecular complexity index is 746. The molecule has 0 unspecified atom stereocenters. The Morgan fingerprint density at radius 2 is 1.88 bits per heavy atom. The lowest BCUT2D eigenvalue weighted by Gasteiger charge is -2.18. The van der Waals surface area contributed by atoms with Crippen molar-refractivity contribution in [3.63, 3.8) is 0 Å². The standard InChI is InChI=1S/C19H22N2O4S/c22-18(2-1-7-21-19(23)15-6-11-26-13-15)20-8-5-14-3-4-16-17(12-14)25-10-9-24-16/h3-4,6,11-13H,1-2,5,7-10H2,(H,20,22)(H,21,23). The van der Waals surface area contributed by atoms with E-state index in [9.17, 15) is 9.59 Å². The first-order valence-corrected chi connectivity index (χ1v) is 9.62. The zero-order valence-corrected chi connectivity index (χ0v) is 15.3. The molecule has 2 aromatic rings. The first-order chi connectivity index (χ1) is 12.7. The summed E-state index contributed by atoms with van der Waals surface area (Å²) >= 11 is 1.49. The number of hydrogen-bond donors (Lipinski definition) is 2. The number of rotatable bonds is 8. The summed E-state index contributed by atoms with van der Waals surface area (Å²) in [4.78, 5) is 23.6. The van der Waals surface area contributed by atoms with Crippen molar-refractivity contribution in [2.45, 2.75) is 19.3 Å². The second-order valence-corrected chi connectivity index (χ2v) is 6.73. The van der Waals surface area contributed by atoms with Crippen molar-refractivity contribution in [2.24, 2.45) is 0 Å². The average molecular weight is 374 g/mol. The fourth-order valence-corrected chi connectivity index (χ4v) is 3.26. The van der Waals surface area contributed by atoms with Gasteiger partial charge in [-0.2, -0.15) is 11.3 Å². The SMILES string of the molecule is O=C(CCCNC(=O)c1ccsc1)NCCc1ccc2c(c1)OCCO2. The molecule has 1 aromatic carbocycles. The van der Waals surface area contributed by atoms with E-state index in [1.807, 2.05) is 23.6 Å². The van der Waals surface area contributed by atoms with Gasteiger partial charge < -0.3 is 20.1 Å². The highest BCUT2D eigenvalue weighted by Gasteiger charge is 2.11. The minimum atomic E-state index is -0.0923. The Balaban J connectivity index is 1.30. The van der Waals surface area contributed by atoms with Crippen LogP contribution < -0.4 is 20.1 Å². The second-order valence-electron chi connectivity index (χ2n) is 5.95. The molecule has 7 heteroatoms. The molecular weight excluding hydrogens is 352 g/mol. The molecule has 138 valence electrons. The number of fused-ring (bicyclic) bond motifs is 1. The molecule has 2 N–H and O–H groups in total. The van der Waals surface area contributed by atoms with E-state index in [1.54, 1.807) is 11.4 Å². The Morgan fingerprint density at radius 1 is 1.04 bits per heavy atom. The Labute approximate surface area is 156 Å². The van der Waals surface area contributed by atoms with Crippen molar-refractivity contribution < 1.29 is 19.1 Å². The zero-order chi connectivity index (χ0) is 18.2. The summed E-state index contributed by atoms with van der Waals surface area (Å²) in [5, 5.41) is 9.39. The van der Waals surface area contributed by atoms with Gasteiger partial charge in [0.15, 0.2) is 11.5 Å². The topological polar surface area (TPSA) is 76.7 Å². The molecule has 3 rings (SSSR count). The minimum Gasteiger partial charge on any atom is -0.486 e. The lowest BCUT2D eigenvalue weighted by atomic mass is 10.1. The van der Waals surface area contributed by atoms with Gasteiger partial charge in [0.1, 0.15) is 13.2 Å². The number of hydrogen-bond acceptors (Lipinski definition) is 5. The number of carbonyl (C=O) groups is 2. The number of thiophene rings is 1. The van der Waals surface area contributed by atoms with Crippen molar-refractivity contribution in [1.29, 1.82) is 0 Å². The van der Waals surface area contributed by atoms with E-state index in [4.69, 9.17) is 9.47 Å².